The molecule has 0 aliphatic heterocycles. The van der Waals surface area contributed by atoms with Crippen LogP contribution in [-0.4, -0.2) is 67.3 Å². The first kappa shape index (κ1) is 20.7. The van der Waals surface area contributed by atoms with Crippen LogP contribution in [0.5, 0.6) is 0 Å². The van der Waals surface area contributed by atoms with Crippen molar-refractivity contribution in [2.24, 2.45) is 0 Å². The number of hydrogen-bond acceptors (Lipinski definition) is 5. The smallest absolute Gasteiger partial charge is 0.241 e. The Labute approximate surface area is 132 Å². The molecule has 8 heteroatoms. The SMILES string of the molecule is CCS(=O)(=O)NC(CCSC)C(=O)N(CCCO)C(C)C. The lowest BCUT2D eigenvalue weighted by Crippen LogP contribution is -2.51. The molecule has 0 aliphatic rings. The summed E-state index contributed by atoms with van der Waals surface area (Å²) < 4.78 is 26.0. The molecule has 1 amide bonds. The molecule has 0 fully saturated rings. The standard InChI is InChI=1S/C13H28N2O4S2/c1-5-21(18,19)14-12(7-10-20-4)13(17)15(11(2)3)8-6-9-16/h11-12,14,16H,5-10H2,1-4H3. The van der Waals surface area contributed by atoms with Gasteiger partial charge in [-0.25, -0.2) is 13.1 Å². The molecule has 6 nitrogen and oxygen atoms in total. The van der Waals surface area contributed by atoms with Crippen LogP contribution in [0.2, 0.25) is 0 Å². The van der Waals surface area contributed by atoms with Gasteiger partial charge >= 0.3 is 0 Å². The predicted molar refractivity (Wildman–Crippen MR) is 87.9 cm³/mol. The lowest BCUT2D eigenvalue weighted by molar-refractivity contribution is -0.134. The van der Waals surface area contributed by atoms with Gasteiger partial charge in [-0.1, -0.05) is 0 Å². The van der Waals surface area contributed by atoms with Gasteiger partial charge in [0.15, 0.2) is 0 Å². The second-order valence-electron chi connectivity index (χ2n) is 5.06. The van der Waals surface area contributed by atoms with Crippen LogP contribution in [0.15, 0.2) is 0 Å². The van der Waals surface area contributed by atoms with Crippen LogP contribution < -0.4 is 4.72 Å². The number of sulfonamides is 1. The Balaban J connectivity index is 5.04. The third-order valence-corrected chi connectivity index (χ3v) is 5.12. The maximum absolute atomic E-state index is 12.6. The first-order valence-electron chi connectivity index (χ1n) is 7.19. The lowest BCUT2D eigenvalue weighted by atomic mass is 10.1. The highest BCUT2D eigenvalue weighted by atomic mass is 32.2. The number of aliphatic hydroxyl groups is 1. The zero-order valence-electron chi connectivity index (χ0n) is 13.3. The number of rotatable bonds is 11. The molecular weight excluding hydrogens is 312 g/mol. The minimum atomic E-state index is -3.43. The van der Waals surface area contributed by atoms with Crippen molar-refractivity contribution in [1.29, 1.82) is 0 Å². The molecule has 0 rings (SSSR count). The Morgan fingerprint density at radius 3 is 2.43 bits per heavy atom. The van der Waals surface area contributed by atoms with E-state index in [4.69, 9.17) is 5.11 Å². The van der Waals surface area contributed by atoms with Gasteiger partial charge < -0.3 is 10.0 Å². The highest BCUT2D eigenvalue weighted by Crippen LogP contribution is 2.10. The minimum Gasteiger partial charge on any atom is -0.396 e. The quantitative estimate of drug-likeness (QED) is 0.577. The van der Waals surface area contributed by atoms with Crippen LogP contribution in [0.25, 0.3) is 0 Å². The number of amides is 1. The van der Waals surface area contributed by atoms with Crippen LogP contribution in [0.4, 0.5) is 0 Å². The van der Waals surface area contributed by atoms with Crippen molar-refractivity contribution in [2.45, 2.75) is 45.7 Å². The molecule has 1 unspecified atom stereocenters. The molecule has 21 heavy (non-hydrogen) atoms. The van der Waals surface area contributed by atoms with Crippen LogP contribution >= 0.6 is 11.8 Å². The van der Waals surface area contributed by atoms with Crippen molar-refractivity contribution in [3.63, 3.8) is 0 Å². The van der Waals surface area contributed by atoms with E-state index < -0.39 is 16.1 Å². The molecule has 0 aromatic heterocycles. The Kier molecular flexibility index (Phi) is 10.3. The van der Waals surface area contributed by atoms with Crippen molar-refractivity contribution in [3.05, 3.63) is 0 Å². The third kappa shape index (κ3) is 8.04. The second kappa shape index (κ2) is 10.4. The Morgan fingerprint density at radius 1 is 1.38 bits per heavy atom. The topological polar surface area (TPSA) is 86.7 Å². The summed E-state index contributed by atoms with van der Waals surface area (Å²) in [5.74, 6) is 0.438. The third-order valence-electron chi connectivity index (χ3n) is 3.07. The molecule has 0 saturated carbocycles. The van der Waals surface area contributed by atoms with Gasteiger partial charge in [0.05, 0.1) is 5.75 Å². The van der Waals surface area contributed by atoms with E-state index in [1.807, 2.05) is 20.1 Å². The van der Waals surface area contributed by atoms with Gasteiger partial charge in [-0.05, 0) is 45.6 Å². The predicted octanol–water partition coefficient (Wildman–Crippen LogP) is 0.667. The molecule has 0 radical (unpaired) electrons. The van der Waals surface area contributed by atoms with Crippen LogP contribution in [0, 0.1) is 0 Å². The average Bonchev–Trinajstić information content (AvgIpc) is 2.43. The summed E-state index contributed by atoms with van der Waals surface area (Å²) in [5, 5.41) is 8.93. The maximum atomic E-state index is 12.6. The summed E-state index contributed by atoms with van der Waals surface area (Å²) >= 11 is 1.57. The highest BCUT2D eigenvalue weighted by molar-refractivity contribution is 7.98. The molecule has 1 atom stereocenters. The van der Waals surface area contributed by atoms with Crippen molar-refractivity contribution >= 4 is 27.7 Å². The molecule has 0 aromatic rings. The number of thioether (sulfide) groups is 1. The number of nitrogens with zero attached hydrogens (tertiary/aromatic N) is 1. The summed E-state index contributed by atoms with van der Waals surface area (Å²) in [4.78, 5) is 14.2. The van der Waals surface area contributed by atoms with Crippen LogP contribution in [0.3, 0.4) is 0 Å². The first-order chi connectivity index (χ1) is 9.79. The van der Waals surface area contributed by atoms with E-state index in [-0.39, 0.29) is 24.3 Å². The summed E-state index contributed by atoms with van der Waals surface area (Å²) in [7, 11) is -3.43. The number of carbonyl (C=O) groups excluding carboxylic acids is 1. The lowest BCUT2D eigenvalue weighted by Gasteiger charge is -2.30. The Hall–Kier alpha value is -0.310. The molecule has 126 valence electrons. The number of nitrogens with one attached hydrogen (secondary N) is 1. The van der Waals surface area contributed by atoms with Crippen molar-refractivity contribution in [2.75, 3.05) is 30.9 Å². The van der Waals surface area contributed by atoms with Gasteiger partial charge in [-0.3, -0.25) is 4.79 Å². The zero-order valence-corrected chi connectivity index (χ0v) is 15.0. The second-order valence-corrected chi connectivity index (χ2v) is 8.09. The van der Waals surface area contributed by atoms with Crippen molar-refractivity contribution in [1.82, 2.24) is 9.62 Å². The van der Waals surface area contributed by atoms with Crippen molar-refractivity contribution in [3.8, 4) is 0 Å². The number of carbonyl (C=O) groups is 1. The molecule has 2 N–H and O–H groups in total. The Morgan fingerprint density at radius 2 is 2.00 bits per heavy atom. The normalized spacial score (nSPS) is 13.4. The summed E-state index contributed by atoms with van der Waals surface area (Å²) in [6.45, 7) is 5.75. The first-order valence-corrected chi connectivity index (χ1v) is 10.2. The van der Waals surface area contributed by atoms with E-state index in [0.717, 1.165) is 0 Å². The number of aliphatic hydroxyl groups excluding tert-OH is 1. The molecule has 0 heterocycles. The van der Waals surface area contributed by atoms with Crippen molar-refractivity contribution < 1.29 is 18.3 Å². The van der Waals surface area contributed by atoms with Gasteiger partial charge in [0, 0.05) is 19.2 Å². The zero-order chi connectivity index (χ0) is 16.5. The molecule has 0 aromatic carbocycles. The van der Waals surface area contributed by atoms with E-state index in [0.29, 0.717) is 25.1 Å². The van der Waals surface area contributed by atoms with Gasteiger partial charge in [0.2, 0.25) is 15.9 Å². The average molecular weight is 341 g/mol. The monoisotopic (exact) mass is 340 g/mol. The molecule has 0 bridgehead atoms. The fraction of sp³-hybridized carbons (Fsp3) is 0.923. The summed E-state index contributed by atoms with van der Waals surface area (Å²) in [5.41, 5.74) is 0. The fourth-order valence-corrected chi connectivity index (χ4v) is 3.12. The van der Waals surface area contributed by atoms with Gasteiger partial charge in [-0.15, -0.1) is 0 Å². The molecular formula is C13H28N2O4S2. The summed E-state index contributed by atoms with van der Waals surface area (Å²) in [6, 6.07) is -0.768. The molecule has 0 saturated heterocycles. The van der Waals surface area contributed by atoms with Gasteiger partial charge in [-0.2, -0.15) is 11.8 Å². The molecule has 0 spiro atoms. The van der Waals surface area contributed by atoms with Gasteiger partial charge in [0.25, 0.3) is 0 Å². The van der Waals surface area contributed by atoms with Gasteiger partial charge in [0.1, 0.15) is 6.04 Å². The van der Waals surface area contributed by atoms with E-state index in [9.17, 15) is 13.2 Å². The van der Waals surface area contributed by atoms with E-state index in [1.165, 1.54) is 0 Å². The maximum Gasteiger partial charge on any atom is 0.241 e. The number of hydrogen-bond donors (Lipinski definition) is 2. The van der Waals surface area contributed by atoms with E-state index >= 15 is 0 Å². The highest BCUT2D eigenvalue weighted by Gasteiger charge is 2.28. The summed E-state index contributed by atoms with van der Waals surface area (Å²) in [6.07, 6.45) is 2.86. The largest absolute Gasteiger partial charge is 0.396 e. The van der Waals surface area contributed by atoms with Crippen LogP contribution in [0.1, 0.15) is 33.6 Å². The van der Waals surface area contributed by atoms with E-state index in [2.05, 4.69) is 4.72 Å². The Bertz CT molecular complexity index is 399. The van der Waals surface area contributed by atoms with E-state index in [1.54, 1.807) is 23.6 Å². The fourth-order valence-electron chi connectivity index (χ4n) is 1.83. The minimum absolute atomic E-state index is 0.00661. The molecule has 0 aliphatic carbocycles. The van der Waals surface area contributed by atoms with Crippen LogP contribution in [-0.2, 0) is 14.8 Å².